The third-order valence-corrected chi connectivity index (χ3v) is 4.71. The second kappa shape index (κ2) is 3.84. The molecule has 0 amide bonds. The molecular formula is C10H18S. The molecule has 1 heteroatoms. The summed E-state index contributed by atoms with van der Waals surface area (Å²) < 4.78 is 0. The van der Waals surface area contributed by atoms with Gasteiger partial charge in [-0.25, -0.2) is 0 Å². The van der Waals surface area contributed by atoms with Crippen molar-refractivity contribution in [2.24, 2.45) is 5.92 Å². The van der Waals surface area contributed by atoms with Crippen LogP contribution < -0.4 is 0 Å². The third kappa shape index (κ3) is 1.93. The molecule has 0 bridgehead atoms. The Morgan fingerprint density at radius 2 is 1.64 bits per heavy atom. The standard InChI is InChI=1S/C10H18S/c1-2-5-9-6-4-8-11-10(9)7-3-1/h9-10H,1-8H2. The monoisotopic (exact) mass is 170 g/mol. The largest absolute Gasteiger partial charge is 0.158 e. The Morgan fingerprint density at radius 1 is 0.818 bits per heavy atom. The fraction of sp³-hybridized carbons (Fsp3) is 1.00. The van der Waals surface area contributed by atoms with E-state index in [1.165, 1.54) is 50.7 Å². The van der Waals surface area contributed by atoms with Crippen molar-refractivity contribution in [3.8, 4) is 0 Å². The number of rotatable bonds is 0. The van der Waals surface area contributed by atoms with Crippen LogP contribution in [0.5, 0.6) is 0 Å². The number of thioether (sulfide) groups is 1. The molecule has 2 rings (SSSR count). The Balaban J connectivity index is 1.93. The van der Waals surface area contributed by atoms with E-state index in [1.54, 1.807) is 0 Å². The summed E-state index contributed by atoms with van der Waals surface area (Å²) in [6, 6.07) is 0. The zero-order valence-corrected chi connectivity index (χ0v) is 8.04. The van der Waals surface area contributed by atoms with Gasteiger partial charge in [-0.05, 0) is 37.4 Å². The van der Waals surface area contributed by atoms with Crippen LogP contribution in [-0.4, -0.2) is 11.0 Å². The third-order valence-electron chi connectivity index (χ3n) is 3.14. The van der Waals surface area contributed by atoms with Crippen molar-refractivity contribution in [3.05, 3.63) is 0 Å². The highest BCUT2D eigenvalue weighted by atomic mass is 32.2. The molecule has 1 aliphatic carbocycles. The van der Waals surface area contributed by atoms with Gasteiger partial charge in [0.1, 0.15) is 0 Å². The lowest BCUT2D eigenvalue weighted by Gasteiger charge is -2.29. The Morgan fingerprint density at radius 3 is 2.64 bits per heavy atom. The molecular weight excluding hydrogens is 152 g/mol. The van der Waals surface area contributed by atoms with Crippen LogP contribution in [0.3, 0.4) is 0 Å². The second-order valence-electron chi connectivity index (χ2n) is 3.95. The maximum Gasteiger partial charge on any atom is 0.00753 e. The van der Waals surface area contributed by atoms with Crippen LogP contribution in [0.25, 0.3) is 0 Å². The zero-order valence-electron chi connectivity index (χ0n) is 7.22. The number of hydrogen-bond acceptors (Lipinski definition) is 1. The average Bonchev–Trinajstić information content (AvgIpc) is 2.28. The quantitative estimate of drug-likeness (QED) is 0.536. The maximum atomic E-state index is 2.26. The lowest BCUT2D eigenvalue weighted by molar-refractivity contribution is 0.424. The summed E-state index contributed by atoms with van der Waals surface area (Å²) in [6.07, 6.45) is 10.6. The fourth-order valence-electron chi connectivity index (χ4n) is 2.48. The topological polar surface area (TPSA) is 0 Å². The molecule has 1 aliphatic heterocycles. The summed E-state index contributed by atoms with van der Waals surface area (Å²) in [5, 5.41) is 1.06. The molecule has 0 aromatic carbocycles. The normalized spacial score (nSPS) is 39.3. The van der Waals surface area contributed by atoms with E-state index in [4.69, 9.17) is 0 Å². The minimum Gasteiger partial charge on any atom is -0.158 e. The Kier molecular flexibility index (Phi) is 2.78. The van der Waals surface area contributed by atoms with E-state index in [0.29, 0.717) is 0 Å². The van der Waals surface area contributed by atoms with E-state index in [-0.39, 0.29) is 0 Å². The van der Waals surface area contributed by atoms with Crippen molar-refractivity contribution in [3.63, 3.8) is 0 Å². The lowest BCUT2D eigenvalue weighted by Crippen LogP contribution is -2.20. The first-order valence-electron chi connectivity index (χ1n) is 5.08. The van der Waals surface area contributed by atoms with Gasteiger partial charge in [0.15, 0.2) is 0 Å². The minimum atomic E-state index is 1.06. The van der Waals surface area contributed by atoms with Crippen LogP contribution in [0.1, 0.15) is 44.9 Å². The van der Waals surface area contributed by atoms with Gasteiger partial charge in [0.05, 0.1) is 0 Å². The predicted octanol–water partition coefficient (Wildman–Crippen LogP) is 3.46. The molecule has 1 saturated heterocycles. The highest BCUT2D eigenvalue weighted by Gasteiger charge is 2.26. The summed E-state index contributed by atoms with van der Waals surface area (Å²) in [5.74, 6) is 2.55. The summed E-state index contributed by atoms with van der Waals surface area (Å²) in [5.41, 5.74) is 0. The van der Waals surface area contributed by atoms with Gasteiger partial charge in [-0.3, -0.25) is 0 Å². The van der Waals surface area contributed by atoms with E-state index in [0.717, 1.165) is 11.2 Å². The lowest BCUT2D eigenvalue weighted by atomic mass is 9.94. The van der Waals surface area contributed by atoms with Gasteiger partial charge in [-0.15, -0.1) is 0 Å². The van der Waals surface area contributed by atoms with Crippen molar-refractivity contribution < 1.29 is 0 Å². The smallest absolute Gasteiger partial charge is 0.00753 e. The molecule has 11 heavy (non-hydrogen) atoms. The van der Waals surface area contributed by atoms with Crippen molar-refractivity contribution in [2.45, 2.75) is 50.2 Å². The molecule has 2 unspecified atom stereocenters. The van der Waals surface area contributed by atoms with E-state index in [1.807, 2.05) is 0 Å². The Hall–Kier alpha value is 0.350. The Bertz CT molecular complexity index is 108. The SMILES string of the molecule is C1CCC2CCCSC2CC1. The fourth-order valence-corrected chi connectivity index (χ4v) is 3.99. The molecule has 64 valence electrons. The summed E-state index contributed by atoms with van der Waals surface area (Å²) in [6.45, 7) is 0. The van der Waals surface area contributed by atoms with Crippen molar-refractivity contribution in [1.29, 1.82) is 0 Å². The van der Waals surface area contributed by atoms with Gasteiger partial charge < -0.3 is 0 Å². The first-order valence-corrected chi connectivity index (χ1v) is 6.13. The summed E-state index contributed by atoms with van der Waals surface area (Å²) in [7, 11) is 0. The summed E-state index contributed by atoms with van der Waals surface area (Å²) >= 11 is 2.26. The van der Waals surface area contributed by atoms with Crippen molar-refractivity contribution in [1.82, 2.24) is 0 Å². The van der Waals surface area contributed by atoms with Crippen LogP contribution in [0.4, 0.5) is 0 Å². The molecule has 1 saturated carbocycles. The van der Waals surface area contributed by atoms with Gasteiger partial charge in [-0.1, -0.05) is 19.3 Å². The molecule has 0 radical (unpaired) electrons. The molecule has 0 aromatic heterocycles. The maximum absolute atomic E-state index is 2.26. The van der Waals surface area contributed by atoms with E-state index >= 15 is 0 Å². The molecule has 2 fully saturated rings. The van der Waals surface area contributed by atoms with Crippen LogP contribution in [0, 0.1) is 5.92 Å². The molecule has 2 atom stereocenters. The van der Waals surface area contributed by atoms with Gasteiger partial charge in [-0.2, -0.15) is 11.8 Å². The number of fused-ring (bicyclic) bond motifs is 1. The van der Waals surface area contributed by atoms with Crippen LogP contribution in [0.15, 0.2) is 0 Å². The second-order valence-corrected chi connectivity index (χ2v) is 5.30. The van der Waals surface area contributed by atoms with Gasteiger partial charge >= 0.3 is 0 Å². The molecule has 0 nitrogen and oxygen atoms in total. The Labute approximate surface area is 74.1 Å². The molecule has 0 aromatic rings. The van der Waals surface area contributed by atoms with Gasteiger partial charge in [0.2, 0.25) is 0 Å². The van der Waals surface area contributed by atoms with Crippen molar-refractivity contribution >= 4 is 11.8 Å². The van der Waals surface area contributed by atoms with Crippen molar-refractivity contribution in [2.75, 3.05) is 5.75 Å². The molecule has 0 N–H and O–H groups in total. The van der Waals surface area contributed by atoms with Crippen LogP contribution in [-0.2, 0) is 0 Å². The first kappa shape index (κ1) is 7.97. The highest BCUT2D eigenvalue weighted by molar-refractivity contribution is 7.99. The molecule has 0 spiro atoms. The molecule has 2 aliphatic rings. The average molecular weight is 170 g/mol. The van der Waals surface area contributed by atoms with Gasteiger partial charge in [0, 0.05) is 5.25 Å². The summed E-state index contributed by atoms with van der Waals surface area (Å²) in [4.78, 5) is 0. The van der Waals surface area contributed by atoms with E-state index in [2.05, 4.69) is 11.8 Å². The van der Waals surface area contributed by atoms with Crippen LogP contribution >= 0.6 is 11.8 Å². The minimum absolute atomic E-state index is 1.06. The molecule has 1 heterocycles. The first-order chi connectivity index (χ1) is 5.47. The predicted molar refractivity (Wildman–Crippen MR) is 52.1 cm³/mol. The number of hydrogen-bond donors (Lipinski definition) is 0. The van der Waals surface area contributed by atoms with Crippen LogP contribution in [0.2, 0.25) is 0 Å². The van der Waals surface area contributed by atoms with E-state index < -0.39 is 0 Å². The van der Waals surface area contributed by atoms with E-state index in [9.17, 15) is 0 Å². The van der Waals surface area contributed by atoms with Gasteiger partial charge in [0.25, 0.3) is 0 Å². The zero-order chi connectivity index (χ0) is 7.52. The highest BCUT2D eigenvalue weighted by Crippen LogP contribution is 2.38.